The summed E-state index contributed by atoms with van der Waals surface area (Å²) in [6.07, 6.45) is 3.19. The van der Waals surface area contributed by atoms with Crippen LogP contribution in [0.1, 0.15) is 5.56 Å². The van der Waals surface area contributed by atoms with Crippen molar-refractivity contribution in [2.75, 3.05) is 0 Å². The molecule has 0 aliphatic carbocycles. The molecule has 0 saturated heterocycles. The van der Waals surface area contributed by atoms with Gasteiger partial charge in [0, 0.05) is 18.1 Å². The van der Waals surface area contributed by atoms with E-state index in [1.54, 1.807) is 36.1 Å². The van der Waals surface area contributed by atoms with Gasteiger partial charge in [0.25, 0.3) is 0 Å². The van der Waals surface area contributed by atoms with Gasteiger partial charge >= 0.3 is 13.6 Å². The lowest BCUT2D eigenvalue weighted by Crippen LogP contribution is -2.29. The Hall–Kier alpha value is -1.23. The van der Waals surface area contributed by atoms with Crippen LogP contribution in [0.5, 0.6) is 0 Å². The average molecular weight is 246 g/mol. The highest BCUT2D eigenvalue weighted by molar-refractivity contribution is 7.53. The van der Waals surface area contributed by atoms with E-state index in [2.05, 4.69) is 0 Å². The SMILES string of the molecule is C[n+]1cccc(CC(C(=O)O)P(=O)(O)O)c1. The first-order valence-electron chi connectivity index (χ1n) is 4.53. The van der Waals surface area contributed by atoms with Crippen molar-refractivity contribution in [3.63, 3.8) is 0 Å². The predicted octanol–water partition coefficient (Wildman–Crippen LogP) is -0.316. The first-order valence-corrected chi connectivity index (χ1v) is 6.21. The van der Waals surface area contributed by atoms with Crippen LogP contribution in [0.4, 0.5) is 0 Å². The summed E-state index contributed by atoms with van der Waals surface area (Å²) < 4.78 is 12.7. The van der Waals surface area contributed by atoms with Crippen LogP contribution in [-0.2, 0) is 22.8 Å². The molecular formula is C9H13NO5P+. The van der Waals surface area contributed by atoms with Gasteiger partial charge in [0.2, 0.25) is 0 Å². The molecule has 1 heterocycles. The number of carbonyl (C=O) groups is 1. The van der Waals surface area contributed by atoms with Gasteiger partial charge in [-0.25, -0.2) is 4.57 Å². The normalized spacial score (nSPS) is 13.4. The molecule has 88 valence electrons. The van der Waals surface area contributed by atoms with Crippen LogP contribution in [0.25, 0.3) is 0 Å². The number of aryl methyl sites for hydroxylation is 1. The summed E-state index contributed by atoms with van der Waals surface area (Å²) in [5, 5.41) is 8.74. The quantitative estimate of drug-likeness (QED) is 0.499. The van der Waals surface area contributed by atoms with Crippen LogP contribution in [0.2, 0.25) is 0 Å². The van der Waals surface area contributed by atoms with E-state index in [-0.39, 0.29) is 6.42 Å². The van der Waals surface area contributed by atoms with Crippen LogP contribution in [-0.4, -0.2) is 26.5 Å². The summed E-state index contributed by atoms with van der Waals surface area (Å²) in [7, 11) is -2.87. The van der Waals surface area contributed by atoms with Crippen molar-refractivity contribution in [1.82, 2.24) is 0 Å². The third-order valence-corrected chi connectivity index (χ3v) is 3.34. The lowest BCUT2D eigenvalue weighted by molar-refractivity contribution is -0.671. The molecular weight excluding hydrogens is 233 g/mol. The highest BCUT2D eigenvalue weighted by atomic mass is 31.2. The molecule has 1 atom stereocenters. The molecule has 16 heavy (non-hydrogen) atoms. The number of rotatable bonds is 4. The molecule has 1 aromatic rings. The number of nitrogens with zero attached hydrogens (tertiary/aromatic N) is 1. The Morgan fingerprint density at radius 2 is 2.19 bits per heavy atom. The molecule has 1 aromatic heterocycles. The Bertz CT molecular complexity index is 441. The molecule has 6 nitrogen and oxygen atoms in total. The van der Waals surface area contributed by atoms with Crippen LogP contribution >= 0.6 is 7.60 Å². The second-order valence-electron chi connectivity index (χ2n) is 3.52. The van der Waals surface area contributed by atoms with Crippen molar-refractivity contribution in [3.05, 3.63) is 30.1 Å². The summed E-state index contributed by atoms with van der Waals surface area (Å²) in [6.45, 7) is 0. The summed E-state index contributed by atoms with van der Waals surface area (Å²) in [4.78, 5) is 28.5. The van der Waals surface area contributed by atoms with Gasteiger partial charge in [0.15, 0.2) is 18.1 Å². The minimum absolute atomic E-state index is 0.186. The van der Waals surface area contributed by atoms with Gasteiger partial charge in [-0.15, -0.1) is 0 Å². The molecule has 0 radical (unpaired) electrons. The van der Waals surface area contributed by atoms with Crippen LogP contribution in [0.15, 0.2) is 24.5 Å². The zero-order chi connectivity index (χ0) is 12.3. The van der Waals surface area contributed by atoms with Gasteiger partial charge in [0.1, 0.15) is 7.05 Å². The number of carboxylic acid groups (broad SMARTS) is 1. The lowest BCUT2D eigenvalue weighted by atomic mass is 10.1. The number of hydrogen-bond acceptors (Lipinski definition) is 2. The minimum atomic E-state index is -4.62. The van der Waals surface area contributed by atoms with Gasteiger partial charge in [0.05, 0.1) is 0 Å². The van der Waals surface area contributed by atoms with Crippen LogP contribution in [0.3, 0.4) is 0 Å². The minimum Gasteiger partial charge on any atom is -0.481 e. The Balaban J connectivity index is 2.93. The largest absolute Gasteiger partial charge is 0.481 e. The summed E-state index contributed by atoms with van der Waals surface area (Å²) in [6, 6.07) is 3.32. The monoisotopic (exact) mass is 246 g/mol. The Morgan fingerprint density at radius 3 is 2.62 bits per heavy atom. The third kappa shape index (κ3) is 3.41. The van der Waals surface area contributed by atoms with E-state index >= 15 is 0 Å². The van der Waals surface area contributed by atoms with E-state index in [0.717, 1.165) is 0 Å². The van der Waals surface area contributed by atoms with Crippen molar-refractivity contribution in [1.29, 1.82) is 0 Å². The first kappa shape index (κ1) is 12.8. The number of carboxylic acids is 1. The molecule has 0 fully saturated rings. The Labute approximate surface area is 92.3 Å². The van der Waals surface area contributed by atoms with Gasteiger partial charge in [-0.2, -0.15) is 0 Å². The van der Waals surface area contributed by atoms with Gasteiger partial charge in [-0.1, -0.05) is 0 Å². The first-order chi connectivity index (χ1) is 7.30. The smallest absolute Gasteiger partial charge is 0.340 e. The summed E-state index contributed by atoms with van der Waals surface area (Å²) >= 11 is 0. The predicted molar refractivity (Wildman–Crippen MR) is 54.8 cm³/mol. The third-order valence-electron chi connectivity index (χ3n) is 2.12. The molecule has 0 amide bonds. The van der Waals surface area contributed by atoms with Crippen molar-refractivity contribution in [2.45, 2.75) is 12.1 Å². The number of hydrogen-bond donors (Lipinski definition) is 3. The van der Waals surface area contributed by atoms with E-state index in [4.69, 9.17) is 14.9 Å². The highest BCUT2D eigenvalue weighted by Crippen LogP contribution is 2.42. The molecule has 3 N–H and O–H groups in total. The van der Waals surface area contributed by atoms with E-state index in [0.29, 0.717) is 5.56 Å². The van der Waals surface area contributed by atoms with Crippen LogP contribution in [0, 0.1) is 0 Å². The molecule has 1 rings (SSSR count). The van der Waals surface area contributed by atoms with E-state index in [9.17, 15) is 9.36 Å². The van der Waals surface area contributed by atoms with E-state index < -0.39 is 19.2 Å². The van der Waals surface area contributed by atoms with Gasteiger partial charge in [-0.05, 0) is 6.07 Å². The van der Waals surface area contributed by atoms with Crippen molar-refractivity contribution < 1.29 is 28.8 Å². The van der Waals surface area contributed by atoms with Crippen molar-refractivity contribution >= 4 is 13.6 Å². The molecule has 1 unspecified atom stereocenters. The average Bonchev–Trinajstić information content (AvgIpc) is 2.12. The molecule has 0 aliphatic rings. The molecule has 0 saturated carbocycles. The molecule has 7 heteroatoms. The van der Waals surface area contributed by atoms with Gasteiger partial charge < -0.3 is 14.9 Å². The second-order valence-corrected chi connectivity index (χ2v) is 5.33. The Morgan fingerprint density at radius 1 is 1.56 bits per heavy atom. The fourth-order valence-electron chi connectivity index (χ4n) is 1.34. The molecule has 0 bridgehead atoms. The molecule has 0 spiro atoms. The maximum absolute atomic E-state index is 11.0. The summed E-state index contributed by atoms with van der Waals surface area (Å²) in [5.74, 6) is -1.49. The second kappa shape index (κ2) is 4.74. The van der Waals surface area contributed by atoms with Crippen molar-refractivity contribution in [2.24, 2.45) is 7.05 Å². The fraction of sp³-hybridized carbons (Fsp3) is 0.333. The zero-order valence-electron chi connectivity index (χ0n) is 8.65. The van der Waals surface area contributed by atoms with Gasteiger partial charge in [-0.3, -0.25) is 9.36 Å². The number of aliphatic carboxylic acids is 1. The fourth-order valence-corrected chi connectivity index (χ4v) is 2.08. The Kier molecular flexibility index (Phi) is 3.80. The molecule has 0 aliphatic heterocycles. The zero-order valence-corrected chi connectivity index (χ0v) is 9.54. The number of pyridine rings is 1. The van der Waals surface area contributed by atoms with E-state index in [1.165, 1.54) is 0 Å². The highest BCUT2D eigenvalue weighted by Gasteiger charge is 2.36. The lowest BCUT2D eigenvalue weighted by Gasteiger charge is -2.12. The standard InChI is InChI=1S/C9H12NO5P/c1-10-4-2-3-7(6-10)5-8(9(11)12)16(13,14)15/h2-4,6,8H,5H2,1H3,(H2-,11,12,13,14,15)/p+1. The van der Waals surface area contributed by atoms with E-state index in [1.807, 2.05) is 0 Å². The maximum Gasteiger partial charge on any atom is 0.340 e. The number of aromatic nitrogens is 1. The van der Waals surface area contributed by atoms with Crippen molar-refractivity contribution in [3.8, 4) is 0 Å². The maximum atomic E-state index is 11.0. The topological polar surface area (TPSA) is 98.7 Å². The molecule has 0 aromatic carbocycles. The summed E-state index contributed by atoms with van der Waals surface area (Å²) in [5.41, 5.74) is -1.12. The van der Waals surface area contributed by atoms with Crippen LogP contribution < -0.4 is 4.57 Å².